The van der Waals surface area contributed by atoms with E-state index in [1.165, 1.54) is 13.1 Å². The van der Waals surface area contributed by atoms with Gasteiger partial charge in [0.05, 0.1) is 0 Å². The Morgan fingerprint density at radius 1 is 0.727 bits per heavy atom. The van der Waals surface area contributed by atoms with E-state index >= 15 is 0 Å². The summed E-state index contributed by atoms with van der Waals surface area (Å²) in [6.45, 7) is 2.87. The molecule has 0 saturated carbocycles. The van der Waals surface area contributed by atoms with E-state index in [1.807, 2.05) is 0 Å². The molecule has 0 aliphatic rings. The van der Waals surface area contributed by atoms with Crippen LogP contribution in [0.3, 0.4) is 0 Å². The third kappa shape index (κ3) is 7.44. The Kier molecular flexibility index (Phi) is 11.3. The third-order valence-electron chi connectivity index (χ3n) is 5.50. The number of nitrogens with zero attached hydrogens (tertiary/aromatic N) is 1. The summed E-state index contributed by atoms with van der Waals surface area (Å²) in [6, 6.07) is 0. The molecule has 5 nitrogen and oxygen atoms in total. The van der Waals surface area contributed by atoms with E-state index in [1.54, 1.807) is 20.8 Å². The van der Waals surface area contributed by atoms with Gasteiger partial charge >= 0.3 is 200 Å². The van der Waals surface area contributed by atoms with Crippen molar-refractivity contribution >= 4 is 45.3 Å². The van der Waals surface area contributed by atoms with E-state index in [2.05, 4.69) is 0 Å². The third-order valence-corrected chi connectivity index (χ3v) is 25.4. The second kappa shape index (κ2) is 11.2. The molecule has 0 unspecified atom stereocenters. The quantitative estimate of drug-likeness (QED) is 0.0962. The van der Waals surface area contributed by atoms with Crippen LogP contribution >= 0.6 is 17.8 Å². The first-order chi connectivity index (χ1) is 14.6. The molecule has 0 aromatic carbocycles. The fourth-order valence-electron chi connectivity index (χ4n) is 4.45. The fourth-order valence-corrected chi connectivity index (χ4v) is 31.7. The number of halogens is 7. The molecule has 33 heavy (non-hydrogen) atoms. The molecule has 0 N–H and O–H groups in total. The number of rotatable bonds is 14. The van der Waals surface area contributed by atoms with E-state index in [0.29, 0.717) is 19.3 Å². The van der Waals surface area contributed by atoms with Crippen LogP contribution < -0.4 is 0 Å². The van der Waals surface area contributed by atoms with Gasteiger partial charge in [-0.15, -0.1) is 0 Å². The molecule has 0 atom stereocenters. The van der Waals surface area contributed by atoms with E-state index in [-0.39, 0.29) is 37.7 Å². The van der Waals surface area contributed by atoms with Crippen LogP contribution in [-0.4, -0.2) is 63.0 Å². The monoisotopic (exact) mass is 589 g/mol. The summed E-state index contributed by atoms with van der Waals surface area (Å²) in [6.07, 6.45) is 0.102. The topological polar surface area (TPSA) is 71.5 Å². The molecule has 0 aromatic heterocycles. The molecule has 202 valence electrons. The number of hydrogen-bond donors (Lipinski definition) is 0. The van der Waals surface area contributed by atoms with Gasteiger partial charge < -0.3 is 0 Å². The predicted octanol–water partition coefficient (Wildman–Crippen LogP) is 6.84. The Labute approximate surface area is 199 Å². The molecule has 0 heterocycles. The minimum atomic E-state index is -6.91. The van der Waals surface area contributed by atoms with Crippen LogP contribution in [-0.2, 0) is 20.0 Å². The van der Waals surface area contributed by atoms with Crippen molar-refractivity contribution in [1.82, 2.24) is 3.48 Å². The number of alkyl halides is 6. The van der Waals surface area contributed by atoms with Crippen molar-refractivity contribution in [3.05, 3.63) is 0 Å². The standard InChI is InChI=1S/C17H35ClF6NO4PS2Si/c1-6-9-12-30(13-10-7-2,14-11-8-3,15-33(4,5)18)25(31(26,27)16(19,20)21)32(28,29)17(22,23)24/h6-15H2,1-5H3. The SMILES string of the molecule is CCCCP(CCCC)(CCCC)(C[Si](C)(C)Cl)N(S(=O)(=O)C(F)(F)F)S(=O)(=O)C(F)(F)F. The zero-order valence-electron chi connectivity index (χ0n) is 19.6. The number of sulfonamides is 2. The van der Waals surface area contributed by atoms with Gasteiger partial charge in [-0.05, 0) is 0 Å². The van der Waals surface area contributed by atoms with Crippen LogP contribution in [0, 0.1) is 0 Å². The molecule has 0 aliphatic heterocycles. The Morgan fingerprint density at radius 2 is 1.00 bits per heavy atom. The molecular formula is C17H35ClF6NO4PS2Si. The summed E-state index contributed by atoms with van der Waals surface area (Å²) in [4.78, 5) is 0. The molecule has 0 rings (SSSR count). The first-order valence-electron chi connectivity index (χ1n) is 10.7. The normalized spacial score (nSPS) is 16.1. The molecule has 0 amide bonds. The van der Waals surface area contributed by atoms with Crippen LogP contribution in [0.5, 0.6) is 0 Å². The zero-order chi connectivity index (χ0) is 26.6. The van der Waals surface area contributed by atoms with Gasteiger partial charge in [0, 0.05) is 0 Å². The minimum absolute atomic E-state index is 0.0733. The summed E-state index contributed by atoms with van der Waals surface area (Å²) >= 11 is 6.51. The summed E-state index contributed by atoms with van der Waals surface area (Å²) in [7, 11) is -17.0. The molecule has 0 aliphatic carbocycles. The van der Waals surface area contributed by atoms with Gasteiger partial charge in [-0.3, -0.25) is 0 Å². The summed E-state index contributed by atoms with van der Waals surface area (Å²) < 4.78 is 133. The van der Waals surface area contributed by atoms with Crippen molar-refractivity contribution in [1.29, 1.82) is 0 Å². The van der Waals surface area contributed by atoms with Crippen LogP contribution in [0.15, 0.2) is 0 Å². The van der Waals surface area contributed by atoms with Gasteiger partial charge in [-0.25, -0.2) is 0 Å². The van der Waals surface area contributed by atoms with E-state index in [0.717, 1.165) is 0 Å². The Balaban J connectivity index is 8.05. The predicted molar refractivity (Wildman–Crippen MR) is 126 cm³/mol. The maximum absolute atomic E-state index is 13.8. The van der Waals surface area contributed by atoms with Crippen molar-refractivity contribution in [2.45, 2.75) is 83.4 Å². The average Bonchev–Trinajstić information content (AvgIpc) is 2.60. The van der Waals surface area contributed by atoms with Gasteiger partial charge in [0.1, 0.15) is 0 Å². The van der Waals surface area contributed by atoms with E-state index in [4.69, 9.17) is 11.1 Å². The van der Waals surface area contributed by atoms with Crippen molar-refractivity contribution < 1.29 is 43.2 Å². The van der Waals surface area contributed by atoms with Crippen molar-refractivity contribution in [3.63, 3.8) is 0 Å². The summed E-state index contributed by atoms with van der Waals surface area (Å²) in [5, 5.41) is 0. The van der Waals surface area contributed by atoms with Crippen molar-refractivity contribution in [2.75, 3.05) is 24.3 Å². The van der Waals surface area contributed by atoms with Crippen molar-refractivity contribution in [2.24, 2.45) is 0 Å². The number of unbranched alkanes of at least 4 members (excludes halogenated alkanes) is 3. The fraction of sp³-hybridized carbons (Fsp3) is 1.00. The Morgan fingerprint density at radius 3 is 1.18 bits per heavy atom. The molecule has 0 radical (unpaired) electrons. The summed E-state index contributed by atoms with van der Waals surface area (Å²) in [5.74, 6) is -0.454. The van der Waals surface area contributed by atoms with E-state index < -0.39 is 54.5 Å². The Hall–Kier alpha value is 0.377. The van der Waals surface area contributed by atoms with Gasteiger partial charge in [-0.1, -0.05) is 0 Å². The average molecular weight is 590 g/mol. The second-order valence-corrected chi connectivity index (χ2v) is 26.8. The van der Waals surface area contributed by atoms with Gasteiger partial charge in [0.25, 0.3) is 0 Å². The second-order valence-electron chi connectivity index (χ2n) is 9.10. The van der Waals surface area contributed by atoms with Gasteiger partial charge in [0.2, 0.25) is 0 Å². The molecule has 0 aromatic rings. The molecule has 0 bridgehead atoms. The van der Waals surface area contributed by atoms with Crippen LogP contribution in [0.4, 0.5) is 26.3 Å². The molecular weight excluding hydrogens is 555 g/mol. The molecule has 16 heteroatoms. The van der Waals surface area contributed by atoms with Crippen LogP contribution in [0.2, 0.25) is 13.1 Å². The zero-order valence-corrected chi connectivity index (χ0v) is 23.8. The van der Waals surface area contributed by atoms with E-state index in [9.17, 15) is 43.2 Å². The molecule has 0 saturated heterocycles. The Bertz CT molecular complexity index is 792. The maximum atomic E-state index is 13.8. The van der Waals surface area contributed by atoms with Gasteiger partial charge in [-0.2, -0.15) is 0 Å². The van der Waals surface area contributed by atoms with Crippen LogP contribution in [0.1, 0.15) is 59.3 Å². The first-order valence-corrected chi connectivity index (χ1v) is 20.7. The van der Waals surface area contributed by atoms with Gasteiger partial charge in [0.15, 0.2) is 0 Å². The summed E-state index contributed by atoms with van der Waals surface area (Å²) in [5.41, 5.74) is -12.5. The van der Waals surface area contributed by atoms with Crippen LogP contribution in [0.25, 0.3) is 0 Å². The first kappa shape index (κ1) is 33.4. The number of hydrogen-bond acceptors (Lipinski definition) is 4. The molecule has 0 fully saturated rings. The van der Waals surface area contributed by atoms with Crippen molar-refractivity contribution in [3.8, 4) is 0 Å². The molecule has 0 spiro atoms.